The first-order valence-corrected chi connectivity index (χ1v) is 9.19. The Balaban J connectivity index is 2.09. The molecule has 0 saturated heterocycles. The van der Waals surface area contributed by atoms with Crippen LogP contribution in [0.3, 0.4) is 0 Å². The summed E-state index contributed by atoms with van der Waals surface area (Å²) >= 11 is 0.729. The van der Waals surface area contributed by atoms with E-state index in [1.165, 1.54) is 0 Å². The van der Waals surface area contributed by atoms with E-state index < -0.39 is 14.9 Å². The molecular formula is C12H19N3O4S2. The van der Waals surface area contributed by atoms with Gasteiger partial charge in [-0.05, 0) is 31.6 Å². The van der Waals surface area contributed by atoms with E-state index >= 15 is 0 Å². The average molecular weight is 333 g/mol. The number of anilines is 1. The van der Waals surface area contributed by atoms with Gasteiger partial charge in [-0.25, -0.2) is 13.1 Å². The normalized spacial score (nSPS) is 23.1. The molecule has 0 aliphatic heterocycles. The zero-order chi connectivity index (χ0) is 15.6. The van der Waals surface area contributed by atoms with Gasteiger partial charge in [-0.15, -0.1) is 0 Å². The molecule has 0 atom stereocenters. The molecule has 9 heteroatoms. The molecule has 1 aromatic rings. The molecule has 0 bridgehead atoms. The van der Waals surface area contributed by atoms with Gasteiger partial charge in [0.2, 0.25) is 0 Å². The zero-order valence-electron chi connectivity index (χ0n) is 11.7. The van der Waals surface area contributed by atoms with E-state index in [0.717, 1.165) is 49.5 Å². The van der Waals surface area contributed by atoms with Gasteiger partial charge < -0.3 is 5.73 Å². The van der Waals surface area contributed by atoms with Gasteiger partial charge in [0.05, 0.1) is 4.92 Å². The van der Waals surface area contributed by atoms with Crippen LogP contribution in [-0.2, 0) is 10.0 Å². The quantitative estimate of drug-likeness (QED) is 0.634. The van der Waals surface area contributed by atoms with Crippen LogP contribution in [0.2, 0.25) is 0 Å². The highest BCUT2D eigenvalue weighted by molar-refractivity contribution is 7.91. The number of hydrogen-bond acceptors (Lipinski definition) is 6. The van der Waals surface area contributed by atoms with Gasteiger partial charge in [-0.2, -0.15) is 0 Å². The van der Waals surface area contributed by atoms with Crippen molar-refractivity contribution in [2.45, 2.75) is 49.3 Å². The summed E-state index contributed by atoms with van der Waals surface area (Å²) in [4.78, 5) is 10.1. The summed E-state index contributed by atoms with van der Waals surface area (Å²) in [5, 5.41) is 10.7. The van der Waals surface area contributed by atoms with Crippen LogP contribution in [0.1, 0.15) is 39.0 Å². The van der Waals surface area contributed by atoms with Crippen molar-refractivity contribution in [2.75, 3.05) is 5.73 Å². The summed E-state index contributed by atoms with van der Waals surface area (Å²) in [7, 11) is -3.74. The molecule has 2 rings (SSSR count). The highest BCUT2D eigenvalue weighted by Gasteiger charge is 2.28. The summed E-state index contributed by atoms with van der Waals surface area (Å²) in [5.74, 6) is 0.671. The maximum absolute atomic E-state index is 12.3. The second-order valence-electron chi connectivity index (χ2n) is 5.32. The number of thiophene rings is 1. The summed E-state index contributed by atoms with van der Waals surface area (Å²) in [6.07, 6.45) is 4.75. The molecule has 3 N–H and O–H groups in total. The first-order valence-electron chi connectivity index (χ1n) is 6.89. The van der Waals surface area contributed by atoms with Gasteiger partial charge >= 0.3 is 5.69 Å². The van der Waals surface area contributed by atoms with E-state index in [-0.39, 0.29) is 20.9 Å². The van der Waals surface area contributed by atoms with E-state index in [2.05, 4.69) is 11.6 Å². The van der Waals surface area contributed by atoms with E-state index in [9.17, 15) is 18.5 Å². The minimum Gasteiger partial charge on any atom is -0.385 e. The van der Waals surface area contributed by atoms with Gasteiger partial charge in [-0.3, -0.25) is 10.1 Å². The van der Waals surface area contributed by atoms with Gasteiger partial charge in [0.15, 0.2) is 5.00 Å². The number of nitrogen functional groups attached to an aromatic ring is 1. The van der Waals surface area contributed by atoms with Gasteiger partial charge in [0.1, 0.15) is 4.21 Å². The lowest BCUT2D eigenvalue weighted by molar-refractivity contribution is -0.383. The lowest BCUT2D eigenvalue weighted by Gasteiger charge is -2.27. The van der Waals surface area contributed by atoms with E-state index in [0.29, 0.717) is 5.92 Å². The second-order valence-corrected chi connectivity index (χ2v) is 8.34. The second kappa shape index (κ2) is 6.29. The minimum atomic E-state index is -3.74. The maximum Gasteiger partial charge on any atom is 0.304 e. The van der Waals surface area contributed by atoms with Crippen molar-refractivity contribution in [3.05, 3.63) is 16.2 Å². The Kier molecular flexibility index (Phi) is 4.84. The fourth-order valence-corrected chi connectivity index (χ4v) is 5.15. The van der Waals surface area contributed by atoms with E-state index in [1.807, 2.05) is 0 Å². The van der Waals surface area contributed by atoms with Crippen LogP contribution in [0.25, 0.3) is 0 Å². The minimum absolute atomic E-state index is 0.0879. The maximum atomic E-state index is 12.3. The Morgan fingerprint density at radius 2 is 2.05 bits per heavy atom. The van der Waals surface area contributed by atoms with Crippen LogP contribution in [0.4, 0.5) is 10.7 Å². The Morgan fingerprint density at radius 1 is 1.43 bits per heavy atom. The lowest BCUT2D eigenvalue weighted by atomic mass is 9.85. The van der Waals surface area contributed by atoms with E-state index in [4.69, 9.17) is 5.73 Å². The number of nitro groups is 1. The number of nitrogens with zero attached hydrogens (tertiary/aromatic N) is 1. The number of nitrogens with two attached hydrogens (primary N) is 1. The summed E-state index contributed by atoms with van der Waals surface area (Å²) in [5.41, 5.74) is 5.14. The molecule has 118 valence electrons. The Morgan fingerprint density at radius 3 is 2.52 bits per heavy atom. The molecule has 1 aromatic heterocycles. The summed E-state index contributed by atoms with van der Waals surface area (Å²) in [6.45, 7) is 2.14. The van der Waals surface area contributed by atoms with Crippen LogP contribution < -0.4 is 10.5 Å². The Bertz CT molecular complexity index is 618. The van der Waals surface area contributed by atoms with Crippen molar-refractivity contribution in [2.24, 2.45) is 5.92 Å². The first-order chi connectivity index (χ1) is 9.83. The molecule has 7 nitrogen and oxygen atoms in total. The topological polar surface area (TPSA) is 115 Å². The molecule has 1 saturated carbocycles. The monoisotopic (exact) mass is 333 g/mol. The van der Waals surface area contributed by atoms with Crippen LogP contribution in [-0.4, -0.2) is 19.4 Å². The molecule has 0 amide bonds. The molecule has 1 aliphatic rings. The zero-order valence-corrected chi connectivity index (χ0v) is 13.4. The lowest BCUT2D eigenvalue weighted by Crippen LogP contribution is -2.37. The van der Waals surface area contributed by atoms with Crippen LogP contribution in [0, 0.1) is 16.0 Å². The molecule has 1 heterocycles. The van der Waals surface area contributed by atoms with Crippen molar-refractivity contribution >= 4 is 32.0 Å². The summed E-state index contributed by atoms with van der Waals surface area (Å²) < 4.78 is 27.1. The molecule has 1 aliphatic carbocycles. The standard InChI is InChI=1S/C12H19N3O4S2/c1-2-8-3-5-9(6-4-8)14-21(18,19)11-7-10(15(16)17)12(13)20-11/h7-9,14H,2-6,13H2,1H3. The van der Waals surface area contributed by atoms with Crippen molar-refractivity contribution < 1.29 is 13.3 Å². The van der Waals surface area contributed by atoms with Gasteiger partial charge in [-0.1, -0.05) is 24.7 Å². The van der Waals surface area contributed by atoms with E-state index in [1.54, 1.807) is 0 Å². The molecule has 1 fully saturated rings. The van der Waals surface area contributed by atoms with Crippen molar-refractivity contribution in [1.82, 2.24) is 4.72 Å². The third-order valence-electron chi connectivity index (χ3n) is 3.93. The number of nitrogens with one attached hydrogen (secondary N) is 1. The number of rotatable bonds is 5. The number of hydrogen-bond donors (Lipinski definition) is 2. The fraction of sp³-hybridized carbons (Fsp3) is 0.667. The Labute approximate surface area is 127 Å². The molecule has 0 spiro atoms. The first kappa shape index (κ1) is 16.2. The van der Waals surface area contributed by atoms with Crippen molar-refractivity contribution in [3.8, 4) is 0 Å². The largest absolute Gasteiger partial charge is 0.385 e. The molecule has 0 unspecified atom stereocenters. The number of sulfonamides is 1. The van der Waals surface area contributed by atoms with Crippen LogP contribution in [0.15, 0.2) is 10.3 Å². The Hall–Kier alpha value is -1.19. The third-order valence-corrected chi connectivity index (χ3v) is 6.87. The SMILES string of the molecule is CCC1CCC(NS(=O)(=O)c2cc([N+](=O)[O-])c(N)s2)CC1. The van der Waals surface area contributed by atoms with Gasteiger partial charge in [0.25, 0.3) is 10.0 Å². The van der Waals surface area contributed by atoms with Crippen LogP contribution in [0.5, 0.6) is 0 Å². The smallest absolute Gasteiger partial charge is 0.304 e. The van der Waals surface area contributed by atoms with Crippen molar-refractivity contribution in [1.29, 1.82) is 0 Å². The third kappa shape index (κ3) is 3.72. The predicted molar refractivity (Wildman–Crippen MR) is 81.7 cm³/mol. The molecule has 0 aromatic carbocycles. The van der Waals surface area contributed by atoms with Crippen molar-refractivity contribution in [3.63, 3.8) is 0 Å². The van der Waals surface area contributed by atoms with Crippen LogP contribution >= 0.6 is 11.3 Å². The molecule has 0 radical (unpaired) electrons. The summed E-state index contributed by atoms with van der Waals surface area (Å²) in [6, 6.07) is 0.931. The highest BCUT2D eigenvalue weighted by atomic mass is 32.2. The predicted octanol–water partition coefficient (Wildman–Crippen LogP) is 2.49. The molecular weight excluding hydrogens is 314 g/mol. The van der Waals surface area contributed by atoms with Gasteiger partial charge in [0, 0.05) is 12.1 Å². The average Bonchev–Trinajstić information content (AvgIpc) is 2.82. The fourth-order valence-electron chi connectivity index (χ4n) is 2.61. The molecule has 21 heavy (non-hydrogen) atoms. The highest BCUT2D eigenvalue weighted by Crippen LogP contribution is 2.35.